The lowest BCUT2D eigenvalue weighted by Crippen LogP contribution is -2.26. The van der Waals surface area contributed by atoms with Crippen LogP contribution in [0.3, 0.4) is 0 Å². The van der Waals surface area contributed by atoms with E-state index in [-0.39, 0.29) is 4.90 Å². The van der Waals surface area contributed by atoms with Gasteiger partial charge in [-0.25, -0.2) is 13.4 Å². The summed E-state index contributed by atoms with van der Waals surface area (Å²) in [5, 5.41) is 0.307. The summed E-state index contributed by atoms with van der Waals surface area (Å²) in [4.78, 5) is 4.01. The average Bonchev–Trinajstić information content (AvgIpc) is 2.41. The van der Waals surface area contributed by atoms with Crippen LogP contribution in [-0.4, -0.2) is 20.4 Å². The molecule has 19 heavy (non-hydrogen) atoms. The summed E-state index contributed by atoms with van der Waals surface area (Å²) in [6.07, 6.45) is 1.27. The van der Waals surface area contributed by atoms with Crippen LogP contribution in [0.2, 0.25) is 5.15 Å². The first-order chi connectivity index (χ1) is 8.93. The first kappa shape index (κ1) is 13.8. The van der Waals surface area contributed by atoms with Gasteiger partial charge in [0, 0.05) is 13.2 Å². The van der Waals surface area contributed by atoms with Crippen molar-refractivity contribution in [3.8, 4) is 0 Å². The summed E-state index contributed by atoms with van der Waals surface area (Å²) in [7, 11) is -2.11. The van der Waals surface area contributed by atoms with Gasteiger partial charge in [-0.1, -0.05) is 29.8 Å². The van der Waals surface area contributed by atoms with Crippen LogP contribution in [0.25, 0.3) is 0 Å². The summed E-state index contributed by atoms with van der Waals surface area (Å²) in [6.45, 7) is 1.72. The van der Waals surface area contributed by atoms with Crippen molar-refractivity contribution in [1.82, 2.24) is 4.98 Å². The number of hydrogen-bond acceptors (Lipinski definition) is 3. The van der Waals surface area contributed by atoms with Crippen LogP contribution >= 0.6 is 11.6 Å². The van der Waals surface area contributed by atoms with E-state index < -0.39 is 10.0 Å². The van der Waals surface area contributed by atoms with E-state index in [1.54, 1.807) is 31.2 Å². The van der Waals surface area contributed by atoms with E-state index in [0.29, 0.717) is 16.4 Å². The van der Waals surface area contributed by atoms with Crippen LogP contribution in [0.1, 0.15) is 5.56 Å². The zero-order valence-corrected chi connectivity index (χ0v) is 12.1. The molecule has 0 unspecified atom stereocenters. The third-order valence-electron chi connectivity index (χ3n) is 2.77. The minimum absolute atomic E-state index is 0.126. The topological polar surface area (TPSA) is 50.3 Å². The first-order valence-corrected chi connectivity index (χ1v) is 7.41. The number of aryl methyl sites for hydroxylation is 1. The molecule has 0 fully saturated rings. The Morgan fingerprint density at radius 3 is 2.42 bits per heavy atom. The maximum atomic E-state index is 12.4. The molecule has 4 nitrogen and oxygen atoms in total. The second kappa shape index (κ2) is 5.19. The monoisotopic (exact) mass is 296 g/mol. The third-order valence-corrected chi connectivity index (χ3v) is 4.91. The lowest BCUT2D eigenvalue weighted by molar-refractivity contribution is 0.594. The Bertz CT molecular complexity index is 687. The highest BCUT2D eigenvalue weighted by atomic mass is 35.5. The molecule has 0 radical (unpaired) electrons. The van der Waals surface area contributed by atoms with Crippen LogP contribution in [0, 0.1) is 6.92 Å². The maximum Gasteiger partial charge on any atom is 0.265 e. The molecule has 6 heteroatoms. The first-order valence-electron chi connectivity index (χ1n) is 5.59. The van der Waals surface area contributed by atoms with Crippen molar-refractivity contribution in [2.75, 3.05) is 11.4 Å². The lowest BCUT2D eigenvalue weighted by atomic mass is 10.3. The normalized spacial score (nSPS) is 11.3. The van der Waals surface area contributed by atoms with Gasteiger partial charge in [0.05, 0.1) is 5.69 Å². The van der Waals surface area contributed by atoms with Gasteiger partial charge in [-0.3, -0.25) is 4.31 Å². The molecule has 2 rings (SSSR count). The van der Waals surface area contributed by atoms with E-state index in [1.807, 2.05) is 6.07 Å². The van der Waals surface area contributed by atoms with Crippen LogP contribution in [-0.2, 0) is 10.0 Å². The molecule has 100 valence electrons. The second-order valence-corrected chi connectivity index (χ2v) is 6.41. The number of sulfonamides is 1. The lowest BCUT2D eigenvalue weighted by Gasteiger charge is -2.19. The molecule has 0 bridgehead atoms. The molecule has 1 aromatic carbocycles. The number of anilines is 1. The number of halogens is 1. The fourth-order valence-corrected chi connectivity index (χ4v) is 2.94. The molecule has 0 atom stereocenters. The van der Waals surface area contributed by atoms with E-state index in [9.17, 15) is 8.42 Å². The molecule has 0 N–H and O–H groups in total. The Morgan fingerprint density at radius 2 is 1.84 bits per heavy atom. The van der Waals surface area contributed by atoms with Crippen molar-refractivity contribution in [1.29, 1.82) is 0 Å². The predicted octanol–water partition coefficient (Wildman–Crippen LogP) is 2.87. The maximum absolute atomic E-state index is 12.4. The number of aromatic nitrogens is 1. The van der Waals surface area contributed by atoms with Crippen LogP contribution < -0.4 is 4.31 Å². The number of para-hydroxylation sites is 1. The summed E-state index contributed by atoms with van der Waals surface area (Å²) in [6, 6.07) is 10.4. The van der Waals surface area contributed by atoms with Crippen molar-refractivity contribution in [3.05, 3.63) is 53.3 Å². The molecule has 0 saturated carbocycles. The molecule has 1 aromatic heterocycles. The van der Waals surface area contributed by atoms with Crippen LogP contribution in [0.4, 0.5) is 5.69 Å². The van der Waals surface area contributed by atoms with Gasteiger partial charge < -0.3 is 0 Å². The Balaban J connectivity index is 2.45. The van der Waals surface area contributed by atoms with E-state index in [1.165, 1.54) is 23.6 Å². The number of hydrogen-bond donors (Lipinski definition) is 0. The molecule has 0 saturated heterocycles. The molecular formula is C13H13ClN2O2S. The standard InChI is InChI=1S/C13H13ClN2O2S/c1-10-8-12(9-15-13(10)14)19(17,18)16(2)11-6-4-3-5-7-11/h3-9H,1-2H3. The van der Waals surface area contributed by atoms with Crippen molar-refractivity contribution in [3.63, 3.8) is 0 Å². The third kappa shape index (κ3) is 2.72. The second-order valence-electron chi connectivity index (χ2n) is 4.09. The zero-order valence-electron chi connectivity index (χ0n) is 10.5. The summed E-state index contributed by atoms with van der Waals surface area (Å²) >= 11 is 5.81. The number of rotatable bonds is 3. The highest BCUT2D eigenvalue weighted by Gasteiger charge is 2.22. The van der Waals surface area contributed by atoms with E-state index in [2.05, 4.69) is 4.98 Å². The van der Waals surface area contributed by atoms with E-state index in [0.717, 1.165) is 0 Å². The van der Waals surface area contributed by atoms with Crippen LogP contribution in [0.5, 0.6) is 0 Å². The Hall–Kier alpha value is -1.59. The average molecular weight is 297 g/mol. The Kier molecular flexibility index (Phi) is 3.78. The van der Waals surface area contributed by atoms with Gasteiger partial charge in [-0.05, 0) is 30.7 Å². The van der Waals surface area contributed by atoms with Crippen molar-refractivity contribution >= 4 is 27.3 Å². The fraction of sp³-hybridized carbons (Fsp3) is 0.154. The van der Waals surface area contributed by atoms with Crippen molar-refractivity contribution in [2.24, 2.45) is 0 Å². The SMILES string of the molecule is Cc1cc(S(=O)(=O)N(C)c2ccccc2)cnc1Cl. The van der Waals surface area contributed by atoms with Gasteiger partial charge in [-0.15, -0.1) is 0 Å². The Labute approximate surface area is 117 Å². The largest absolute Gasteiger partial charge is 0.269 e. The smallest absolute Gasteiger partial charge is 0.265 e. The zero-order chi connectivity index (χ0) is 14.0. The van der Waals surface area contributed by atoms with Gasteiger partial charge in [-0.2, -0.15) is 0 Å². The van der Waals surface area contributed by atoms with E-state index >= 15 is 0 Å². The molecule has 0 amide bonds. The van der Waals surface area contributed by atoms with Gasteiger partial charge in [0.2, 0.25) is 0 Å². The molecular weight excluding hydrogens is 284 g/mol. The quantitative estimate of drug-likeness (QED) is 0.818. The predicted molar refractivity (Wildman–Crippen MR) is 76.0 cm³/mol. The molecule has 2 aromatic rings. The number of nitrogens with zero attached hydrogens (tertiary/aromatic N) is 2. The molecule has 0 aliphatic heterocycles. The van der Waals surface area contributed by atoms with Gasteiger partial charge in [0.25, 0.3) is 10.0 Å². The molecule has 0 aliphatic carbocycles. The minimum atomic E-state index is -3.62. The van der Waals surface area contributed by atoms with Gasteiger partial charge in [0.15, 0.2) is 0 Å². The summed E-state index contributed by atoms with van der Waals surface area (Å²) < 4.78 is 26.1. The number of pyridine rings is 1. The highest BCUT2D eigenvalue weighted by molar-refractivity contribution is 7.92. The van der Waals surface area contributed by atoms with Crippen LogP contribution in [0.15, 0.2) is 47.5 Å². The summed E-state index contributed by atoms with van der Waals surface area (Å²) in [5.41, 5.74) is 1.22. The minimum Gasteiger partial charge on any atom is -0.269 e. The highest BCUT2D eigenvalue weighted by Crippen LogP contribution is 2.23. The van der Waals surface area contributed by atoms with Gasteiger partial charge >= 0.3 is 0 Å². The van der Waals surface area contributed by atoms with Crippen molar-refractivity contribution in [2.45, 2.75) is 11.8 Å². The van der Waals surface area contributed by atoms with Gasteiger partial charge in [0.1, 0.15) is 10.0 Å². The Morgan fingerprint density at radius 1 is 1.21 bits per heavy atom. The number of benzene rings is 1. The molecule has 1 heterocycles. The van der Waals surface area contributed by atoms with Crippen molar-refractivity contribution < 1.29 is 8.42 Å². The molecule has 0 spiro atoms. The molecule has 0 aliphatic rings. The fourth-order valence-electron chi connectivity index (χ4n) is 1.61. The summed E-state index contributed by atoms with van der Waals surface area (Å²) in [5.74, 6) is 0. The van der Waals surface area contributed by atoms with E-state index in [4.69, 9.17) is 11.6 Å².